The van der Waals surface area contributed by atoms with Gasteiger partial charge in [-0.3, -0.25) is 34.2 Å². The van der Waals surface area contributed by atoms with E-state index in [-0.39, 0.29) is 66.4 Å². The number of nitrogens with zero attached hydrogens (tertiary/aromatic N) is 6. The fourth-order valence-corrected chi connectivity index (χ4v) is 7.35. The molecular weight excluding hydrogens is 840 g/mol. The van der Waals surface area contributed by atoms with Crippen molar-refractivity contribution in [2.45, 2.75) is 99.3 Å². The van der Waals surface area contributed by atoms with Gasteiger partial charge in [0.15, 0.2) is 0 Å². The summed E-state index contributed by atoms with van der Waals surface area (Å²) in [5, 5.41) is 23.6. The summed E-state index contributed by atoms with van der Waals surface area (Å²) >= 11 is 0. The normalized spacial score (nSPS) is 11.4. The van der Waals surface area contributed by atoms with Crippen LogP contribution in [0.2, 0.25) is 0 Å². The first kappa shape index (κ1) is 49.4. The molecule has 0 radical (unpaired) electrons. The highest BCUT2D eigenvalue weighted by Crippen LogP contribution is 2.30. The maximum absolute atomic E-state index is 13.5. The number of rotatable bonds is 24. The number of halogens is 2. The van der Waals surface area contributed by atoms with Crippen LogP contribution < -0.4 is 54.7 Å². The minimum Gasteiger partial charge on any atom is -1.00 e. The molecule has 0 unspecified atom stereocenters. The lowest BCUT2D eigenvalue weighted by Crippen LogP contribution is -3.00. The number of benzene rings is 2. The van der Waals surface area contributed by atoms with Gasteiger partial charge < -0.3 is 52.4 Å². The third-order valence-electron chi connectivity index (χ3n) is 11.2. The van der Waals surface area contributed by atoms with E-state index in [0.717, 1.165) is 75.9 Å². The van der Waals surface area contributed by atoms with Crippen molar-refractivity contribution in [2.75, 3.05) is 53.5 Å². The predicted octanol–water partition coefficient (Wildman–Crippen LogP) is 0.614. The van der Waals surface area contributed by atoms with Gasteiger partial charge in [-0.2, -0.15) is 0 Å². The lowest BCUT2D eigenvalue weighted by atomic mass is 10.1. The summed E-state index contributed by atoms with van der Waals surface area (Å²) in [6, 6.07) is 11.6. The number of methoxy groups -OCH3 is 2. The molecule has 0 atom stereocenters. The Kier molecular flexibility index (Phi) is 21.1. The molecule has 16 heteroatoms. The van der Waals surface area contributed by atoms with Crippen molar-refractivity contribution >= 4 is 11.4 Å². The number of aryl methyl sites for hydroxylation is 1. The van der Waals surface area contributed by atoms with E-state index in [1.807, 2.05) is 0 Å². The molecule has 1 aromatic heterocycles. The summed E-state index contributed by atoms with van der Waals surface area (Å²) in [5.41, 5.74) is 1.59. The van der Waals surface area contributed by atoms with Crippen LogP contribution in [0.5, 0.6) is 11.5 Å². The first-order valence-electron chi connectivity index (χ1n) is 19.0. The molecule has 0 aliphatic carbocycles. The summed E-state index contributed by atoms with van der Waals surface area (Å²) < 4.78 is 14.9. The van der Waals surface area contributed by atoms with Crippen LogP contribution in [0, 0.1) is 27.2 Å². The monoisotopic (exact) mass is 898 g/mol. The Morgan fingerprint density at radius 2 is 1.02 bits per heavy atom. The van der Waals surface area contributed by atoms with E-state index in [0.29, 0.717) is 65.4 Å². The van der Waals surface area contributed by atoms with Gasteiger partial charge in [0.1, 0.15) is 24.6 Å². The van der Waals surface area contributed by atoms with Crippen molar-refractivity contribution in [1.82, 2.24) is 9.13 Å². The van der Waals surface area contributed by atoms with Crippen molar-refractivity contribution in [3.05, 3.63) is 100 Å². The fraction of sp³-hybridized carbons (Fsp3) is 0.590. The second-order valence-electron chi connectivity index (χ2n) is 14.0. The number of hydrogen-bond donors (Lipinski definition) is 0. The molecule has 0 spiro atoms. The zero-order valence-electron chi connectivity index (χ0n) is 33.6. The Balaban J connectivity index is 0.00000756. The average molecular weight is 901 g/mol. The molecule has 0 amide bonds. The smallest absolute Gasteiger partial charge is 0.331 e. The molecule has 0 aliphatic rings. The predicted molar refractivity (Wildman–Crippen MR) is 207 cm³/mol. The van der Waals surface area contributed by atoms with Gasteiger partial charge in [0.05, 0.1) is 86.6 Å². The highest BCUT2D eigenvalue weighted by molar-refractivity contribution is 5.46. The Morgan fingerprint density at radius 3 is 1.38 bits per heavy atom. The molecule has 55 heavy (non-hydrogen) atoms. The summed E-state index contributed by atoms with van der Waals surface area (Å²) in [6.45, 7) is 17.2. The summed E-state index contributed by atoms with van der Waals surface area (Å²) in [4.78, 5) is 49.3. The van der Waals surface area contributed by atoms with Crippen LogP contribution in [0.15, 0.2) is 52.1 Å². The van der Waals surface area contributed by atoms with E-state index in [1.54, 1.807) is 35.8 Å². The number of nitro groups is 2. The van der Waals surface area contributed by atoms with Gasteiger partial charge in [-0.15, -0.1) is 0 Å². The highest BCUT2D eigenvalue weighted by Gasteiger charge is 2.29. The van der Waals surface area contributed by atoms with Crippen LogP contribution in [0.3, 0.4) is 0 Å². The molecule has 1 heterocycles. The zero-order chi connectivity index (χ0) is 39.2. The minimum atomic E-state index is -0.352. The lowest BCUT2D eigenvalue weighted by Gasteiger charge is -2.37. The molecular formula is C39H60Br2N6O8. The van der Waals surface area contributed by atoms with E-state index >= 15 is 0 Å². The van der Waals surface area contributed by atoms with E-state index in [1.165, 1.54) is 37.0 Å². The molecule has 0 saturated carbocycles. The maximum Gasteiger partial charge on any atom is 0.331 e. The van der Waals surface area contributed by atoms with E-state index < -0.39 is 0 Å². The number of hydrogen-bond acceptors (Lipinski definition) is 8. The number of aromatic nitrogens is 2. The second kappa shape index (κ2) is 23.5. The first-order valence-corrected chi connectivity index (χ1v) is 19.0. The minimum absolute atomic E-state index is 0. The average Bonchev–Trinajstić information content (AvgIpc) is 3.15. The Labute approximate surface area is 346 Å². The molecule has 3 aromatic rings. The number of unbranched alkanes of at least 4 members (excludes halogenated alkanes) is 4. The van der Waals surface area contributed by atoms with Gasteiger partial charge in [0.2, 0.25) is 0 Å². The van der Waals surface area contributed by atoms with E-state index in [4.69, 9.17) is 9.47 Å². The Hall–Kier alpha value is -3.60. The van der Waals surface area contributed by atoms with Crippen LogP contribution in [0.25, 0.3) is 0 Å². The third kappa shape index (κ3) is 13.2. The van der Waals surface area contributed by atoms with Gasteiger partial charge in [-0.25, -0.2) is 4.79 Å². The third-order valence-corrected chi connectivity index (χ3v) is 11.2. The molecule has 2 aromatic carbocycles. The van der Waals surface area contributed by atoms with Gasteiger partial charge in [-0.1, -0.05) is 0 Å². The van der Waals surface area contributed by atoms with Gasteiger partial charge in [-0.05, 0) is 97.4 Å². The van der Waals surface area contributed by atoms with Crippen LogP contribution in [-0.4, -0.2) is 81.4 Å². The summed E-state index contributed by atoms with van der Waals surface area (Å²) in [7, 11) is 2.99. The van der Waals surface area contributed by atoms with Gasteiger partial charge in [0, 0.05) is 24.8 Å². The molecule has 0 N–H and O–H groups in total. The van der Waals surface area contributed by atoms with Crippen LogP contribution in [0.1, 0.15) is 83.0 Å². The molecule has 0 saturated heterocycles. The highest BCUT2D eigenvalue weighted by atomic mass is 79.9. The Morgan fingerprint density at radius 1 is 0.618 bits per heavy atom. The standard InChI is InChI=1S/C39H60N6O8.2BrH/c1-8-44(9-2,29-32-18-20-34(52-6)27-36(32)42(48)49)24-16-12-14-22-40-31(5)26-38(46)41(39(40)47)23-15-13-17-25-45(10-3,11-4)30-33-19-21-35(53-7)28-37(33)43(50)51;;/h18-21,26-28H,8-17,22-25,29-30H2,1-7H3;2*1H/q+2;;/p-2. The van der Waals surface area contributed by atoms with Gasteiger partial charge >= 0.3 is 5.69 Å². The number of ether oxygens (including phenoxy) is 2. The topological polar surface area (TPSA) is 149 Å². The number of quaternary nitrogens is 2. The quantitative estimate of drug-likeness (QED) is 0.0551. The van der Waals surface area contributed by atoms with Gasteiger partial charge in [0.25, 0.3) is 16.9 Å². The van der Waals surface area contributed by atoms with E-state index in [2.05, 4.69) is 27.7 Å². The van der Waals surface area contributed by atoms with Crippen LogP contribution in [-0.2, 0) is 26.2 Å². The van der Waals surface area contributed by atoms with Crippen LogP contribution in [0.4, 0.5) is 11.4 Å². The van der Waals surface area contributed by atoms with Crippen molar-refractivity contribution in [3.8, 4) is 11.5 Å². The molecule has 14 nitrogen and oxygen atoms in total. The summed E-state index contributed by atoms with van der Waals surface area (Å²) in [5.74, 6) is 0.922. The van der Waals surface area contributed by atoms with Crippen molar-refractivity contribution in [3.63, 3.8) is 0 Å². The SMILES string of the molecule is CC[N+](CC)(CCCCCn1c(C)cc(=O)n(CCCCC[N+](CC)(CC)Cc2ccc(OC)cc2[N+](=O)[O-])c1=O)Cc1ccc(OC)cc1[N+](=O)[O-].[Br-].[Br-]. The van der Waals surface area contributed by atoms with Crippen molar-refractivity contribution in [1.29, 1.82) is 0 Å². The van der Waals surface area contributed by atoms with E-state index in [9.17, 15) is 29.8 Å². The largest absolute Gasteiger partial charge is 1.00 e. The zero-order valence-corrected chi connectivity index (χ0v) is 36.7. The molecule has 0 aliphatic heterocycles. The molecule has 308 valence electrons. The molecule has 0 bridgehead atoms. The fourth-order valence-electron chi connectivity index (χ4n) is 7.35. The second-order valence-corrected chi connectivity index (χ2v) is 14.0. The lowest BCUT2D eigenvalue weighted by molar-refractivity contribution is -0.938. The summed E-state index contributed by atoms with van der Waals surface area (Å²) in [6.07, 6.45) is 4.91. The van der Waals surface area contributed by atoms with Crippen LogP contribution >= 0.6 is 0 Å². The Bertz CT molecular complexity index is 1810. The maximum atomic E-state index is 13.5. The molecule has 0 fully saturated rings. The number of nitro benzene ring substituents is 2. The molecule has 3 rings (SSSR count). The van der Waals surface area contributed by atoms with Crippen molar-refractivity contribution < 1.29 is 62.2 Å². The van der Waals surface area contributed by atoms with Crippen molar-refractivity contribution in [2.24, 2.45) is 0 Å². The first-order chi connectivity index (χ1) is 25.3.